The van der Waals surface area contributed by atoms with Gasteiger partial charge in [0.2, 0.25) is 0 Å². The second kappa shape index (κ2) is 4.23. The average Bonchev–Trinajstić information content (AvgIpc) is 2.28. The Morgan fingerprint density at radius 1 is 1.24 bits per heavy atom. The minimum atomic E-state index is -3.39. The van der Waals surface area contributed by atoms with E-state index in [4.69, 9.17) is 11.6 Å². The van der Waals surface area contributed by atoms with Crippen LogP contribution in [0.3, 0.4) is 0 Å². The number of sulfone groups is 1. The zero-order valence-electron chi connectivity index (χ0n) is 9.38. The highest BCUT2D eigenvalue weighted by molar-refractivity contribution is 7.91. The zero-order valence-corrected chi connectivity index (χ0v) is 11.0. The van der Waals surface area contributed by atoms with Crippen LogP contribution in [0, 0.1) is 0 Å². The van der Waals surface area contributed by atoms with E-state index in [2.05, 4.69) is 9.97 Å². The summed E-state index contributed by atoms with van der Waals surface area (Å²) < 4.78 is 23.8. The van der Waals surface area contributed by atoms with Gasteiger partial charge in [-0.25, -0.2) is 13.4 Å². The highest BCUT2D eigenvalue weighted by Gasteiger charge is 2.21. The topological polar surface area (TPSA) is 59.9 Å². The van der Waals surface area contributed by atoms with Crippen molar-refractivity contribution >= 4 is 32.5 Å². The van der Waals surface area contributed by atoms with E-state index in [0.29, 0.717) is 16.1 Å². The lowest BCUT2D eigenvalue weighted by Gasteiger charge is -2.07. The Kier molecular flexibility index (Phi) is 3.05. The van der Waals surface area contributed by atoms with Crippen molar-refractivity contribution in [1.82, 2.24) is 9.97 Å². The zero-order chi connectivity index (χ0) is 12.6. The molecule has 0 radical (unpaired) electrons. The molecule has 0 atom stereocenters. The van der Waals surface area contributed by atoms with Gasteiger partial charge in [-0.1, -0.05) is 11.6 Å². The van der Waals surface area contributed by atoms with Crippen molar-refractivity contribution in [2.24, 2.45) is 0 Å². The number of fused-ring (bicyclic) bond motifs is 1. The second-order valence-corrected chi connectivity index (χ2v) is 6.82. The predicted octanol–water partition coefficient (Wildman–Crippen LogP) is 2.47. The molecule has 0 N–H and O–H groups in total. The van der Waals surface area contributed by atoms with Gasteiger partial charge >= 0.3 is 0 Å². The average molecular weight is 271 g/mol. The molecule has 0 aliphatic carbocycles. The molecule has 1 aromatic carbocycles. The molecule has 1 heterocycles. The van der Waals surface area contributed by atoms with Crippen molar-refractivity contribution in [3.8, 4) is 0 Å². The molecule has 0 unspecified atom stereocenters. The number of rotatable bonds is 2. The summed E-state index contributed by atoms with van der Waals surface area (Å²) in [6.45, 7) is 3.23. The summed E-state index contributed by atoms with van der Waals surface area (Å²) in [7, 11) is -3.39. The van der Waals surface area contributed by atoms with E-state index in [1.807, 2.05) is 0 Å². The molecule has 17 heavy (non-hydrogen) atoms. The third-order valence-electron chi connectivity index (χ3n) is 2.39. The first-order valence-electron chi connectivity index (χ1n) is 5.07. The molecule has 0 spiro atoms. The van der Waals surface area contributed by atoms with Gasteiger partial charge < -0.3 is 0 Å². The highest BCUT2D eigenvalue weighted by atomic mass is 35.5. The van der Waals surface area contributed by atoms with Crippen LogP contribution in [0.5, 0.6) is 0 Å². The van der Waals surface area contributed by atoms with Crippen LogP contribution in [0.15, 0.2) is 29.4 Å². The van der Waals surface area contributed by atoms with Crippen LogP contribution in [-0.4, -0.2) is 23.6 Å². The SMILES string of the molecule is CC(C)S(=O)(=O)c1cnc2cc(Cl)ccc2n1. The molecule has 0 aliphatic rings. The normalized spacial score (nSPS) is 12.2. The van der Waals surface area contributed by atoms with E-state index in [1.54, 1.807) is 32.0 Å². The van der Waals surface area contributed by atoms with Crippen molar-refractivity contribution in [3.05, 3.63) is 29.4 Å². The smallest absolute Gasteiger partial charge is 0.199 e. The van der Waals surface area contributed by atoms with Crippen LogP contribution in [-0.2, 0) is 9.84 Å². The molecule has 90 valence electrons. The maximum absolute atomic E-state index is 11.9. The Balaban J connectivity index is 2.64. The molecule has 0 fully saturated rings. The van der Waals surface area contributed by atoms with Crippen LogP contribution in [0.25, 0.3) is 11.0 Å². The third-order valence-corrected chi connectivity index (χ3v) is 4.65. The Morgan fingerprint density at radius 2 is 1.94 bits per heavy atom. The third kappa shape index (κ3) is 2.25. The monoisotopic (exact) mass is 270 g/mol. The van der Waals surface area contributed by atoms with Gasteiger partial charge in [-0.3, -0.25) is 4.98 Å². The maximum Gasteiger partial charge on any atom is 0.199 e. The number of hydrogen-bond donors (Lipinski definition) is 0. The van der Waals surface area contributed by atoms with E-state index < -0.39 is 15.1 Å². The van der Waals surface area contributed by atoms with E-state index in [9.17, 15) is 8.42 Å². The largest absolute Gasteiger partial charge is 0.252 e. The summed E-state index contributed by atoms with van der Waals surface area (Å²) in [5.41, 5.74) is 1.11. The minimum Gasteiger partial charge on any atom is -0.252 e. The summed E-state index contributed by atoms with van der Waals surface area (Å²) in [5, 5.41) is 0.0372. The molecular weight excluding hydrogens is 260 g/mol. The molecule has 0 amide bonds. The molecule has 4 nitrogen and oxygen atoms in total. The molecule has 2 rings (SSSR count). The van der Waals surface area contributed by atoms with Gasteiger partial charge in [-0.05, 0) is 32.0 Å². The lowest BCUT2D eigenvalue weighted by molar-refractivity contribution is 0.583. The Morgan fingerprint density at radius 3 is 2.59 bits per heavy atom. The molecule has 2 aromatic rings. The van der Waals surface area contributed by atoms with Crippen LogP contribution in [0.1, 0.15) is 13.8 Å². The first kappa shape index (κ1) is 12.3. The molecule has 0 bridgehead atoms. The predicted molar refractivity (Wildman–Crippen MR) is 66.9 cm³/mol. The van der Waals surface area contributed by atoms with E-state index >= 15 is 0 Å². The Labute approximate surface area is 105 Å². The molecule has 1 aromatic heterocycles. The lowest BCUT2D eigenvalue weighted by atomic mass is 10.3. The fourth-order valence-corrected chi connectivity index (χ4v) is 2.42. The van der Waals surface area contributed by atoms with Crippen LogP contribution in [0.4, 0.5) is 0 Å². The number of nitrogens with zero attached hydrogens (tertiary/aromatic N) is 2. The summed E-state index contributed by atoms with van der Waals surface area (Å²) in [6.07, 6.45) is 1.27. The lowest BCUT2D eigenvalue weighted by Crippen LogP contribution is -2.15. The molecule has 0 saturated carbocycles. The molecule has 0 saturated heterocycles. The van der Waals surface area contributed by atoms with Crippen molar-refractivity contribution in [1.29, 1.82) is 0 Å². The summed E-state index contributed by atoms with van der Waals surface area (Å²) >= 11 is 5.81. The molecule has 6 heteroatoms. The van der Waals surface area contributed by atoms with E-state index in [-0.39, 0.29) is 5.03 Å². The quantitative estimate of drug-likeness (QED) is 0.841. The van der Waals surface area contributed by atoms with Crippen molar-refractivity contribution < 1.29 is 8.42 Å². The summed E-state index contributed by atoms with van der Waals surface area (Å²) in [4.78, 5) is 8.16. The van der Waals surface area contributed by atoms with Crippen LogP contribution in [0.2, 0.25) is 5.02 Å². The van der Waals surface area contributed by atoms with Gasteiger partial charge in [0.15, 0.2) is 14.9 Å². The van der Waals surface area contributed by atoms with Gasteiger partial charge in [0.05, 0.1) is 22.5 Å². The van der Waals surface area contributed by atoms with Crippen molar-refractivity contribution in [3.63, 3.8) is 0 Å². The van der Waals surface area contributed by atoms with Gasteiger partial charge in [-0.2, -0.15) is 0 Å². The maximum atomic E-state index is 11.9. The summed E-state index contributed by atoms with van der Waals surface area (Å²) in [6, 6.07) is 4.96. The number of hydrogen-bond acceptors (Lipinski definition) is 4. The molecule has 0 aliphatic heterocycles. The number of halogens is 1. The van der Waals surface area contributed by atoms with Crippen LogP contribution < -0.4 is 0 Å². The Bertz CT molecular complexity index is 668. The summed E-state index contributed by atoms with van der Waals surface area (Å²) in [5.74, 6) is 0. The standard InChI is InChI=1S/C11H11ClN2O2S/c1-7(2)17(15,16)11-6-13-10-5-8(12)3-4-9(10)14-11/h3-7H,1-2H3. The molecular formula is C11H11ClN2O2S. The van der Waals surface area contributed by atoms with Gasteiger partial charge in [-0.15, -0.1) is 0 Å². The van der Waals surface area contributed by atoms with Crippen molar-refractivity contribution in [2.75, 3.05) is 0 Å². The minimum absolute atomic E-state index is 0.00215. The van der Waals surface area contributed by atoms with Crippen LogP contribution >= 0.6 is 11.6 Å². The van der Waals surface area contributed by atoms with Crippen molar-refractivity contribution in [2.45, 2.75) is 24.1 Å². The number of benzene rings is 1. The van der Waals surface area contributed by atoms with E-state index in [0.717, 1.165) is 0 Å². The fourth-order valence-electron chi connectivity index (χ4n) is 1.35. The first-order chi connectivity index (χ1) is 7.91. The highest BCUT2D eigenvalue weighted by Crippen LogP contribution is 2.19. The number of aromatic nitrogens is 2. The van der Waals surface area contributed by atoms with Gasteiger partial charge in [0.25, 0.3) is 0 Å². The second-order valence-electron chi connectivity index (χ2n) is 3.94. The Hall–Kier alpha value is -1.20. The first-order valence-corrected chi connectivity index (χ1v) is 7.00. The van der Waals surface area contributed by atoms with Gasteiger partial charge in [0.1, 0.15) is 0 Å². The van der Waals surface area contributed by atoms with E-state index in [1.165, 1.54) is 6.20 Å². The van der Waals surface area contributed by atoms with Gasteiger partial charge in [0, 0.05) is 5.02 Å². The fraction of sp³-hybridized carbons (Fsp3) is 0.273.